The Kier molecular flexibility index (Phi) is 3.96. The molecule has 1 aliphatic carbocycles. The van der Waals surface area contributed by atoms with Crippen molar-refractivity contribution in [2.45, 2.75) is 38.6 Å². The maximum Gasteiger partial charge on any atom is 0.299 e. The minimum atomic E-state index is 0.342. The Labute approximate surface area is 128 Å². The van der Waals surface area contributed by atoms with Crippen molar-refractivity contribution in [3.05, 3.63) is 23.9 Å². The number of aromatic nitrogens is 2. The average molecular weight is 298 g/mol. The summed E-state index contributed by atoms with van der Waals surface area (Å²) < 4.78 is 6.44. The molecule has 2 atom stereocenters. The summed E-state index contributed by atoms with van der Waals surface area (Å²) in [5.74, 6) is 0.906. The third kappa shape index (κ3) is 2.50. The van der Waals surface area contributed by atoms with Crippen LogP contribution in [0.15, 0.2) is 18.3 Å². The summed E-state index contributed by atoms with van der Waals surface area (Å²) in [5, 5.41) is 17.1. The lowest BCUT2D eigenvalue weighted by Gasteiger charge is -2.30. The van der Waals surface area contributed by atoms with Crippen molar-refractivity contribution >= 4 is 17.7 Å². The summed E-state index contributed by atoms with van der Waals surface area (Å²) in [6, 6.07) is 6.01. The number of ether oxygens (including phenoxy) is 1. The van der Waals surface area contributed by atoms with Gasteiger partial charge >= 0.3 is 0 Å². The summed E-state index contributed by atoms with van der Waals surface area (Å²) in [7, 11) is 0. The molecule has 1 fully saturated rings. The number of hydrogen-bond acceptors (Lipinski definition) is 5. The van der Waals surface area contributed by atoms with E-state index in [0.717, 1.165) is 17.6 Å². The lowest BCUT2D eigenvalue weighted by atomic mass is 9.85. The van der Waals surface area contributed by atoms with Gasteiger partial charge in [-0.2, -0.15) is 14.9 Å². The molecule has 2 aromatic rings. The van der Waals surface area contributed by atoms with Gasteiger partial charge in [-0.05, 0) is 24.8 Å². The van der Waals surface area contributed by atoms with Crippen LogP contribution in [0.4, 0.5) is 5.69 Å². The van der Waals surface area contributed by atoms with Gasteiger partial charge in [0.2, 0.25) is 5.88 Å². The van der Waals surface area contributed by atoms with Crippen LogP contribution in [0.5, 0.6) is 5.88 Å². The molecule has 0 aliphatic heterocycles. The van der Waals surface area contributed by atoms with Gasteiger partial charge in [-0.25, -0.2) is 0 Å². The van der Waals surface area contributed by atoms with Crippen LogP contribution in [0.25, 0.3) is 5.52 Å². The second-order valence-corrected chi connectivity index (χ2v) is 5.74. The van der Waals surface area contributed by atoms with E-state index in [1.54, 1.807) is 6.07 Å². The Balaban J connectivity index is 2.02. The van der Waals surface area contributed by atoms with Crippen molar-refractivity contribution in [3.8, 4) is 11.9 Å². The van der Waals surface area contributed by atoms with Gasteiger partial charge in [0, 0.05) is 12.1 Å². The van der Waals surface area contributed by atoms with E-state index in [1.165, 1.54) is 30.0 Å². The van der Waals surface area contributed by atoms with E-state index in [1.807, 2.05) is 6.07 Å². The van der Waals surface area contributed by atoms with Gasteiger partial charge in [0.1, 0.15) is 6.07 Å². The molecule has 0 bridgehead atoms. The summed E-state index contributed by atoms with van der Waals surface area (Å²) in [4.78, 5) is 10.6. The van der Waals surface area contributed by atoms with E-state index in [4.69, 9.17) is 4.74 Å². The number of nitrogens with zero attached hydrogens (tertiary/aromatic N) is 3. The Morgan fingerprint density at radius 1 is 1.45 bits per heavy atom. The molecule has 1 saturated carbocycles. The Morgan fingerprint density at radius 2 is 2.27 bits per heavy atom. The number of carbonyl (C=O) groups is 1. The zero-order valence-electron chi connectivity index (χ0n) is 12.5. The molecule has 2 aromatic heterocycles. The predicted octanol–water partition coefficient (Wildman–Crippen LogP) is 2.73. The molecule has 0 saturated heterocycles. The standard InChI is InChI=1S/C16H18N4O2/c1-11-4-2-3-5-13(11)19-16-12(8-17)9-18-20-14(16)6-7-15(20)22-10-21/h6-7,9-11,13,19H,2-5H2,1H3. The van der Waals surface area contributed by atoms with Gasteiger partial charge in [-0.1, -0.05) is 19.8 Å². The lowest BCUT2D eigenvalue weighted by molar-refractivity contribution is -0.121. The van der Waals surface area contributed by atoms with Gasteiger partial charge in [-0.15, -0.1) is 0 Å². The Bertz CT molecular complexity index is 732. The van der Waals surface area contributed by atoms with E-state index in [-0.39, 0.29) is 0 Å². The first-order valence-corrected chi connectivity index (χ1v) is 7.52. The molecule has 6 heteroatoms. The van der Waals surface area contributed by atoms with Crippen molar-refractivity contribution < 1.29 is 9.53 Å². The highest BCUT2D eigenvalue weighted by Crippen LogP contribution is 2.31. The van der Waals surface area contributed by atoms with Crippen LogP contribution in [0.2, 0.25) is 0 Å². The van der Waals surface area contributed by atoms with Crippen LogP contribution in [0, 0.1) is 17.2 Å². The molecule has 2 unspecified atom stereocenters. The molecule has 0 radical (unpaired) electrons. The van der Waals surface area contributed by atoms with Gasteiger partial charge < -0.3 is 10.1 Å². The molecule has 2 heterocycles. The number of carbonyl (C=O) groups excluding carboxylic acids is 1. The highest BCUT2D eigenvalue weighted by molar-refractivity contribution is 5.79. The van der Waals surface area contributed by atoms with Gasteiger partial charge in [0.25, 0.3) is 6.47 Å². The Hall–Kier alpha value is -2.55. The minimum Gasteiger partial charge on any atom is -0.410 e. The number of anilines is 1. The van der Waals surface area contributed by atoms with E-state index >= 15 is 0 Å². The van der Waals surface area contributed by atoms with E-state index in [0.29, 0.717) is 29.9 Å². The number of nitrogens with one attached hydrogen (secondary N) is 1. The van der Waals surface area contributed by atoms with E-state index < -0.39 is 0 Å². The van der Waals surface area contributed by atoms with Crippen LogP contribution < -0.4 is 10.1 Å². The van der Waals surface area contributed by atoms with Crippen molar-refractivity contribution in [2.24, 2.45) is 5.92 Å². The number of nitriles is 1. The normalized spacial score (nSPS) is 21.3. The fraction of sp³-hybridized carbons (Fsp3) is 0.438. The second-order valence-electron chi connectivity index (χ2n) is 5.74. The largest absolute Gasteiger partial charge is 0.410 e. The van der Waals surface area contributed by atoms with Crippen LogP contribution >= 0.6 is 0 Å². The van der Waals surface area contributed by atoms with Crippen molar-refractivity contribution in [2.75, 3.05) is 5.32 Å². The number of fused-ring (bicyclic) bond motifs is 1. The average Bonchev–Trinajstić information content (AvgIpc) is 2.94. The molecule has 3 rings (SSSR count). The molecule has 6 nitrogen and oxygen atoms in total. The summed E-state index contributed by atoms with van der Waals surface area (Å²) in [5.41, 5.74) is 2.01. The predicted molar refractivity (Wildman–Crippen MR) is 81.6 cm³/mol. The van der Waals surface area contributed by atoms with Gasteiger partial charge in [0.15, 0.2) is 0 Å². The van der Waals surface area contributed by atoms with E-state index in [2.05, 4.69) is 23.4 Å². The summed E-state index contributed by atoms with van der Waals surface area (Å²) in [6.07, 6.45) is 6.26. The summed E-state index contributed by atoms with van der Waals surface area (Å²) in [6.45, 7) is 2.61. The minimum absolute atomic E-state index is 0.342. The van der Waals surface area contributed by atoms with Crippen molar-refractivity contribution in [1.82, 2.24) is 9.61 Å². The number of hydrogen-bond donors (Lipinski definition) is 1. The zero-order chi connectivity index (χ0) is 15.5. The SMILES string of the molecule is CC1CCCCC1Nc1c(C#N)cnn2c(OC=O)ccc12. The quantitative estimate of drug-likeness (QED) is 0.878. The molecule has 1 aliphatic rings. The van der Waals surface area contributed by atoms with Gasteiger partial charge in [-0.3, -0.25) is 4.79 Å². The topological polar surface area (TPSA) is 79.4 Å². The van der Waals surface area contributed by atoms with Crippen LogP contribution in [-0.4, -0.2) is 22.1 Å². The lowest BCUT2D eigenvalue weighted by Crippen LogP contribution is -2.30. The van der Waals surface area contributed by atoms with Crippen molar-refractivity contribution in [1.29, 1.82) is 5.26 Å². The van der Waals surface area contributed by atoms with E-state index in [9.17, 15) is 10.1 Å². The zero-order valence-corrected chi connectivity index (χ0v) is 12.5. The smallest absolute Gasteiger partial charge is 0.299 e. The van der Waals surface area contributed by atoms with Crippen LogP contribution in [0.1, 0.15) is 38.2 Å². The van der Waals surface area contributed by atoms with Crippen LogP contribution in [-0.2, 0) is 4.79 Å². The fourth-order valence-corrected chi connectivity index (χ4v) is 3.13. The van der Waals surface area contributed by atoms with Crippen LogP contribution in [0.3, 0.4) is 0 Å². The fourth-order valence-electron chi connectivity index (χ4n) is 3.13. The first-order chi connectivity index (χ1) is 10.7. The van der Waals surface area contributed by atoms with Gasteiger partial charge in [0.05, 0.1) is 23.0 Å². The third-order valence-corrected chi connectivity index (χ3v) is 4.38. The third-order valence-electron chi connectivity index (χ3n) is 4.38. The highest BCUT2D eigenvalue weighted by Gasteiger charge is 2.23. The molecule has 114 valence electrons. The maximum atomic E-state index is 10.6. The molecule has 1 N–H and O–H groups in total. The maximum absolute atomic E-state index is 10.6. The molecular formula is C16H18N4O2. The first kappa shape index (κ1) is 14.4. The first-order valence-electron chi connectivity index (χ1n) is 7.52. The van der Waals surface area contributed by atoms with Crippen molar-refractivity contribution in [3.63, 3.8) is 0 Å². The molecular weight excluding hydrogens is 280 g/mol. The molecule has 0 aromatic carbocycles. The molecule has 0 spiro atoms. The second kappa shape index (κ2) is 6.06. The molecule has 22 heavy (non-hydrogen) atoms. The number of rotatable bonds is 4. The highest BCUT2D eigenvalue weighted by atomic mass is 16.5. The molecule has 0 amide bonds. The summed E-state index contributed by atoms with van der Waals surface area (Å²) >= 11 is 0. The monoisotopic (exact) mass is 298 g/mol. The Morgan fingerprint density at radius 3 is 3.00 bits per heavy atom.